The van der Waals surface area contributed by atoms with Gasteiger partial charge in [0, 0.05) is 5.69 Å². The molecule has 0 amide bonds. The minimum atomic E-state index is 0.816. The molecular weight excluding hydrogens is 188 g/mol. The zero-order valence-electron chi connectivity index (χ0n) is 9.16. The summed E-state index contributed by atoms with van der Waals surface area (Å²) in [5.74, 6) is 0.816. The summed E-state index contributed by atoms with van der Waals surface area (Å²) in [6.07, 6.45) is 0. The van der Waals surface area contributed by atoms with E-state index in [1.807, 2.05) is 32.0 Å². The third kappa shape index (κ3) is 1.86. The summed E-state index contributed by atoms with van der Waals surface area (Å²) in [5.41, 5.74) is 4.14. The van der Waals surface area contributed by atoms with Gasteiger partial charge in [0.25, 0.3) is 0 Å². The Balaban J connectivity index is 2.34. The van der Waals surface area contributed by atoms with Crippen molar-refractivity contribution in [3.63, 3.8) is 0 Å². The summed E-state index contributed by atoms with van der Waals surface area (Å²) in [6, 6.07) is 8.14. The molecule has 0 saturated carbocycles. The SMILES string of the molecule is Cc1ccccc1Nc1c(C)noc1C. The van der Waals surface area contributed by atoms with E-state index in [9.17, 15) is 0 Å². The summed E-state index contributed by atoms with van der Waals surface area (Å²) in [4.78, 5) is 0. The van der Waals surface area contributed by atoms with Crippen molar-refractivity contribution < 1.29 is 4.52 Å². The average Bonchev–Trinajstić information content (AvgIpc) is 2.53. The highest BCUT2D eigenvalue weighted by Crippen LogP contribution is 2.25. The quantitative estimate of drug-likeness (QED) is 0.811. The van der Waals surface area contributed by atoms with Gasteiger partial charge in [0.05, 0.1) is 0 Å². The lowest BCUT2D eigenvalue weighted by atomic mass is 10.2. The van der Waals surface area contributed by atoms with Gasteiger partial charge in [-0.1, -0.05) is 23.4 Å². The lowest BCUT2D eigenvalue weighted by Gasteiger charge is -2.07. The number of nitrogens with zero attached hydrogens (tertiary/aromatic N) is 1. The molecular formula is C12H14N2O. The number of anilines is 2. The molecule has 1 heterocycles. The highest BCUT2D eigenvalue weighted by atomic mass is 16.5. The van der Waals surface area contributed by atoms with E-state index in [1.165, 1.54) is 5.56 Å². The van der Waals surface area contributed by atoms with Gasteiger partial charge in [0.2, 0.25) is 0 Å². The van der Waals surface area contributed by atoms with Gasteiger partial charge in [0.1, 0.15) is 11.4 Å². The van der Waals surface area contributed by atoms with Crippen molar-refractivity contribution >= 4 is 11.4 Å². The molecule has 2 rings (SSSR count). The molecule has 2 aromatic rings. The van der Waals surface area contributed by atoms with Crippen LogP contribution in [0.4, 0.5) is 11.4 Å². The maximum atomic E-state index is 5.09. The van der Waals surface area contributed by atoms with Crippen LogP contribution in [0.5, 0.6) is 0 Å². The summed E-state index contributed by atoms with van der Waals surface area (Å²) < 4.78 is 5.09. The largest absolute Gasteiger partial charge is 0.359 e. The van der Waals surface area contributed by atoms with Crippen molar-refractivity contribution in [2.75, 3.05) is 5.32 Å². The molecule has 0 unspecified atom stereocenters. The summed E-state index contributed by atoms with van der Waals surface area (Å²) in [5, 5.41) is 7.24. The molecule has 1 aromatic carbocycles. The zero-order valence-corrected chi connectivity index (χ0v) is 9.16. The molecule has 1 aromatic heterocycles. The first kappa shape index (κ1) is 9.77. The fourth-order valence-corrected chi connectivity index (χ4v) is 1.51. The van der Waals surface area contributed by atoms with Crippen LogP contribution in [0, 0.1) is 20.8 Å². The van der Waals surface area contributed by atoms with Crippen molar-refractivity contribution in [2.45, 2.75) is 20.8 Å². The Kier molecular flexibility index (Phi) is 2.46. The van der Waals surface area contributed by atoms with Crippen molar-refractivity contribution in [3.05, 3.63) is 41.3 Å². The maximum absolute atomic E-state index is 5.09. The van der Waals surface area contributed by atoms with Crippen LogP contribution in [0.2, 0.25) is 0 Å². The van der Waals surface area contributed by atoms with E-state index < -0.39 is 0 Å². The molecule has 0 bridgehead atoms. The first-order chi connectivity index (χ1) is 7.18. The van der Waals surface area contributed by atoms with Crippen LogP contribution in [0.1, 0.15) is 17.0 Å². The number of nitrogens with one attached hydrogen (secondary N) is 1. The molecule has 78 valence electrons. The van der Waals surface area contributed by atoms with Gasteiger partial charge in [-0.15, -0.1) is 0 Å². The van der Waals surface area contributed by atoms with Crippen LogP contribution < -0.4 is 5.32 Å². The molecule has 0 saturated heterocycles. The Hall–Kier alpha value is -1.77. The molecule has 3 nitrogen and oxygen atoms in total. The van der Waals surface area contributed by atoms with Crippen LogP contribution >= 0.6 is 0 Å². The van der Waals surface area contributed by atoms with Crippen LogP contribution in [0.25, 0.3) is 0 Å². The number of rotatable bonds is 2. The van der Waals surface area contributed by atoms with E-state index >= 15 is 0 Å². The van der Waals surface area contributed by atoms with E-state index in [4.69, 9.17) is 4.52 Å². The van der Waals surface area contributed by atoms with Gasteiger partial charge in [-0.3, -0.25) is 0 Å². The first-order valence-corrected chi connectivity index (χ1v) is 4.94. The van der Waals surface area contributed by atoms with Gasteiger partial charge in [-0.2, -0.15) is 0 Å². The number of hydrogen-bond donors (Lipinski definition) is 1. The van der Waals surface area contributed by atoms with Crippen molar-refractivity contribution in [1.29, 1.82) is 0 Å². The molecule has 0 fully saturated rings. The molecule has 3 heteroatoms. The second kappa shape index (κ2) is 3.77. The Morgan fingerprint density at radius 3 is 2.47 bits per heavy atom. The second-order valence-electron chi connectivity index (χ2n) is 3.64. The standard InChI is InChI=1S/C12H14N2O/c1-8-6-4-5-7-11(8)13-12-9(2)14-15-10(12)3/h4-7,13H,1-3H3. The number of aromatic nitrogens is 1. The van der Waals surface area contributed by atoms with Crippen molar-refractivity contribution in [3.8, 4) is 0 Å². The summed E-state index contributed by atoms with van der Waals surface area (Å²) in [6.45, 7) is 5.90. The summed E-state index contributed by atoms with van der Waals surface area (Å²) >= 11 is 0. The predicted molar refractivity (Wildman–Crippen MR) is 60.4 cm³/mol. The predicted octanol–water partition coefficient (Wildman–Crippen LogP) is 3.34. The molecule has 1 N–H and O–H groups in total. The van der Waals surface area contributed by atoms with Crippen LogP contribution in [0.15, 0.2) is 28.8 Å². The Labute approximate surface area is 89.1 Å². The fraction of sp³-hybridized carbons (Fsp3) is 0.250. The Bertz CT molecular complexity index is 455. The molecule has 0 aliphatic heterocycles. The molecule has 0 atom stereocenters. The number of benzene rings is 1. The van der Waals surface area contributed by atoms with E-state index in [2.05, 4.69) is 23.5 Å². The summed E-state index contributed by atoms with van der Waals surface area (Å²) in [7, 11) is 0. The third-order valence-electron chi connectivity index (χ3n) is 2.44. The van der Waals surface area contributed by atoms with E-state index in [1.54, 1.807) is 0 Å². The molecule has 0 aliphatic carbocycles. The van der Waals surface area contributed by atoms with Crippen molar-refractivity contribution in [1.82, 2.24) is 5.16 Å². The Morgan fingerprint density at radius 1 is 1.13 bits per heavy atom. The normalized spacial score (nSPS) is 10.3. The zero-order chi connectivity index (χ0) is 10.8. The number of aryl methyl sites for hydroxylation is 3. The van der Waals surface area contributed by atoms with Gasteiger partial charge < -0.3 is 9.84 Å². The van der Waals surface area contributed by atoms with E-state index in [0.29, 0.717) is 0 Å². The van der Waals surface area contributed by atoms with Crippen LogP contribution in [0.3, 0.4) is 0 Å². The average molecular weight is 202 g/mol. The highest BCUT2D eigenvalue weighted by molar-refractivity contribution is 5.65. The molecule has 0 aliphatic rings. The van der Waals surface area contributed by atoms with Gasteiger partial charge in [0.15, 0.2) is 5.76 Å². The molecule has 0 radical (unpaired) electrons. The lowest BCUT2D eigenvalue weighted by molar-refractivity contribution is 0.393. The number of para-hydroxylation sites is 1. The van der Waals surface area contributed by atoms with Crippen LogP contribution in [-0.4, -0.2) is 5.16 Å². The first-order valence-electron chi connectivity index (χ1n) is 4.94. The maximum Gasteiger partial charge on any atom is 0.157 e. The van der Waals surface area contributed by atoms with Crippen molar-refractivity contribution in [2.24, 2.45) is 0 Å². The Morgan fingerprint density at radius 2 is 1.87 bits per heavy atom. The number of hydrogen-bond acceptors (Lipinski definition) is 3. The third-order valence-corrected chi connectivity index (χ3v) is 2.44. The highest BCUT2D eigenvalue weighted by Gasteiger charge is 2.09. The second-order valence-corrected chi connectivity index (χ2v) is 3.64. The monoisotopic (exact) mass is 202 g/mol. The van der Waals surface area contributed by atoms with Crippen LogP contribution in [-0.2, 0) is 0 Å². The topological polar surface area (TPSA) is 38.1 Å². The molecule has 0 spiro atoms. The van der Waals surface area contributed by atoms with E-state index in [0.717, 1.165) is 22.8 Å². The smallest absolute Gasteiger partial charge is 0.157 e. The van der Waals surface area contributed by atoms with Gasteiger partial charge in [-0.05, 0) is 32.4 Å². The lowest BCUT2D eigenvalue weighted by Crippen LogP contribution is -1.94. The fourth-order valence-electron chi connectivity index (χ4n) is 1.51. The molecule has 15 heavy (non-hydrogen) atoms. The minimum absolute atomic E-state index is 0.816. The van der Waals surface area contributed by atoms with E-state index in [-0.39, 0.29) is 0 Å². The minimum Gasteiger partial charge on any atom is -0.359 e. The van der Waals surface area contributed by atoms with Gasteiger partial charge >= 0.3 is 0 Å². The van der Waals surface area contributed by atoms with Gasteiger partial charge in [-0.25, -0.2) is 0 Å².